The van der Waals surface area contributed by atoms with E-state index in [1.54, 1.807) is 0 Å². The number of thioether (sulfide) groups is 1. The fourth-order valence-corrected chi connectivity index (χ4v) is 3.04. The first-order chi connectivity index (χ1) is 8.60. The van der Waals surface area contributed by atoms with Crippen molar-refractivity contribution in [3.8, 4) is 5.75 Å². The van der Waals surface area contributed by atoms with Crippen molar-refractivity contribution in [3.63, 3.8) is 0 Å². The number of phenols is 1. The molecule has 0 radical (unpaired) electrons. The van der Waals surface area contributed by atoms with E-state index in [-0.39, 0.29) is 23.3 Å². The van der Waals surface area contributed by atoms with Crippen LogP contribution in [0.3, 0.4) is 0 Å². The van der Waals surface area contributed by atoms with Gasteiger partial charge in [-0.05, 0) is 37.7 Å². The van der Waals surface area contributed by atoms with Crippen LogP contribution in [-0.4, -0.2) is 28.6 Å². The van der Waals surface area contributed by atoms with Gasteiger partial charge >= 0.3 is 0 Å². The lowest BCUT2D eigenvalue weighted by molar-refractivity contribution is 0.0935. The highest BCUT2D eigenvalue weighted by atomic mass is 32.2. The second-order valence-electron chi connectivity index (χ2n) is 4.50. The maximum atomic E-state index is 12.8. The highest BCUT2D eigenvalue weighted by Crippen LogP contribution is 2.28. The molecule has 2 unspecified atom stereocenters. The second-order valence-corrected chi connectivity index (χ2v) is 5.64. The highest BCUT2D eigenvalue weighted by molar-refractivity contribution is 7.99. The number of rotatable bonds is 3. The van der Waals surface area contributed by atoms with E-state index < -0.39 is 5.82 Å². The minimum absolute atomic E-state index is 0.129. The number of amides is 1. The predicted octanol–water partition coefficient (Wildman–Crippen LogP) is 2.55. The van der Waals surface area contributed by atoms with Gasteiger partial charge in [-0.15, -0.1) is 0 Å². The van der Waals surface area contributed by atoms with E-state index in [0.717, 1.165) is 25.3 Å². The summed E-state index contributed by atoms with van der Waals surface area (Å²) in [5, 5.41) is 13.0. The van der Waals surface area contributed by atoms with Gasteiger partial charge in [0.2, 0.25) is 0 Å². The van der Waals surface area contributed by atoms with E-state index in [0.29, 0.717) is 5.25 Å². The number of carbonyl (C=O) groups is 1. The van der Waals surface area contributed by atoms with Crippen LogP contribution in [0.1, 0.15) is 29.6 Å². The lowest BCUT2D eigenvalue weighted by Gasteiger charge is -2.13. The van der Waals surface area contributed by atoms with E-state index in [4.69, 9.17) is 0 Å². The van der Waals surface area contributed by atoms with Crippen molar-refractivity contribution >= 4 is 17.7 Å². The van der Waals surface area contributed by atoms with Gasteiger partial charge in [-0.1, -0.05) is 0 Å². The van der Waals surface area contributed by atoms with Gasteiger partial charge in [-0.2, -0.15) is 11.8 Å². The van der Waals surface area contributed by atoms with Gasteiger partial charge in [0, 0.05) is 17.4 Å². The molecule has 1 aromatic carbocycles. The van der Waals surface area contributed by atoms with Crippen molar-refractivity contribution in [2.24, 2.45) is 0 Å². The van der Waals surface area contributed by atoms with E-state index in [1.807, 2.05) is 11.8 Å². The number of carbonyl (C=O) groups excluding carboxylic acids is 1. The van der Waals surface area contributed by atoms with E-state index >= 15 is 0 Å². The SMILES string of the molecule is CSC1CCC(NC(=O)c2ccc(F)cc2O)C1. The lowest BCUT2D eigenvalue weighted by atomic mass is 10.1. The Morgan fingerprint density at radius 2 is 2.28 bits per heavy atom. The molecule has 0 aliphatic heterocycles. The van der Waals surface area contributed by atoms with Crippen LogP contribution >= 0.6 is 11.8 Å². The molecule has 5 heteroatoms. The summed E-state index contributed by atoms with van der Waals surface area (Å²) in [6.07, 6.45) is 5.08. The van der Waals surface area contributed by atoms with Crippen LogP contribution in [0.4, 0.5) is 4.39 Å². The average molecular weight is 269 g/mol. The van der Waals surface area contributed by atoms with Crippen molar-refractivity contribution in [2.75, 3.05) is 6.26 Å². The molecule has 2 rings (SSSR count). The zero-order valence-corrected chi connectivity index (χ0v) is 11.0. The summed E-state index contributed by atoms with van der Waals surface area (Å²) in [6.45, 7) is 0. The molecule has 2 N–H and O–H groups in total. The summed E-state index contributed by atoms with van der Waals surface area (Å²) in [7, 11) is 0. The van der Waals surface area contributed by atoms with Crippen molar-refractivity contribution in [1.29, 1.82) is 0 Å². The maximum Gasteiger partial charge on any atom is 0.255 e. The third-order valence-electron chi connectivity index (χ3n) is 3.26. The highest BCUT2D eigenvalue weighted by Gasteiger charge is 2.26. The summed E-state index contributed by atoms with van der Waals surface area (Å²) < 4.78 is 12.8. The number of halogens is 1. The van der Waals surface area contributed by atoms with Crippen molar-refractivity contribution < 1.29 is 14.3 Å². The molecule has 0 saturated heterocycles. The molecule has 1 aromatic rings. The van der Waals surface area contributed by atoms with Crippen LogP contribution < -0.4 is 5.32 Å². The Balaban J connectivity index is 2.00. The summed E-state index contributed by atoms with van der Waals surface area (Å²) >= 11 is 1.81. The summed E-state index contributed by atoms with van der Waals surface area (Å²) in [5.41, 5.74) is 0.129. The van der Waals surface area contributed by atoms with Crippen LogP contribution in [0.5, 0.6) is 5.75 Å². The van der Waals surface area contributed by atoms with Crippen LogP contribution in [0, 0.1) is 5.82 Å². The van der Waals surface area contributed by atoms with Crippen LogP contribution in [0.15, 0.2) is 18.2 Å². The van der Waals surface area contributed by atoms with Gasteiger partial charge in [0.05, 0.1) is 5.56 Å². The van der Waals surface area contributed by atoms with Gasteiger partial charge in [0.1, 0.15) is 11.6 Å². The molecule has 18 heavy (non-hydrogen) atoms. The minimum atomic E-state index is -0.549. The lowest BCUT2D eigenvalue weighted by Crippen LogP contribution is -2.33. The number of benzene rings is 1. The molecule has 0 aromatic heterocycles. The summed E-state index contributed by atoms with van der Waals surface area (Å²) in [4.78, 5) is 11.9. The van der Waals surface area contributed by atoms with E-state index in [2.05, 4.69) is 11.6 Å². The molecule has 0 heterocycles. The van der Waals surface area contributed by atoms with Crippen LogP contribution in [-0.2, 0) is 0 Å². The Kier molecular flexibility index (Phi) is 4.11. The number of phenolic OH excluding ortho intramolecular Hbond substituents is 1. The monoisotopic (exact) mass is 269 g/mol. The molecule has 0 bridgehead atoms. The van der Waals surface area contributed by atoms with E-state index in [1.165, 1.54) is 12.1 Å². The van der Waals surface area contributed by atoms with E-state index in [9.17, 15) is 14.3 Å². The van der Waals surface area contributed by atoms with Crippen LogP contribution in [0.25, 0.3) is 0 Å². The van der Waals surface area contributed by atoms with Crippen molar-refractivity contribution in [1.82, 2.24) is 5.32 Å². The molecule has 3 nitrogen and oxygen atoms in total. The Bertz CT molecular complexity index is 453. The fourth-order valence-electron chi connectivity index (χ4n) is 2.25. The maximum absolute atomic E-state index is 12.8. The Labute approximate surface area is 110 Å². The molecule has 2 atom stereocenters. The predicted molar refractivity (Wildman–Crippen MR) is 70.5 cm³/mol. The minimum Gasteiger partial charge on any atom is -0.507 e. The molecule has 1 aliphatic carbocycles. The zero-order chi connectivity index (χ0) is 13.1. The standard InChI is InChI=1S/C13H16FNO2S/c1-18-10-4-3-9(7-10)15-13(17)11-5-2-8(14)6-12(11)16/h2,5-6,9-10,16H,3-4,7H2,1H3,(H,15,17). The van der Waals surface area contributed by atoms with Gasteiger partial charge in [-0.25, -0.2) is 4.39 Å². The number of hydrogen-bond acceptors (Lipinski definition) is 3. The van der Waals surface area contributed by atoms with Gasteiger partial charge in [-0.3, -0.25) is 4.79 Å². The molecule has 1 aliphatic rings. The quantitative estimate of drug-likeness (QED) is 0.886. The summed E-state index contributed by atoms with van der Waals surface area (Å²) in [5.74, 6) is -1.20. The summed E-state index contributed by atoms with van der Waals surface area (Å²) in [6, 6.07) is 3.59. The topological polar surface area (TPSA) is 49.3 Å². The smallest absolute Gasteiger partial charge is 0.255 e. The largest absolute Gasteiger partial charge is 0.507 e. The third-order valence-corrected chi connectivity index (χ3v) is 4.35. The first-order valence-electron chi connectivity index (χ1n) is 5.92. The molecular weight excluding hydrogens is 253 g/mol. The Morgan fingerprint density at radius 1 is 1.50 bits per heavy atom. The number of hydrogen-bond donors (Lipinski definition) is 2. The normalized spacial score (nSPS) is 23.0. The molecule has 1 amide bonds. The van der Waals surface area contributed by atoms with Gasteiger partial charge < -0.3 is 10.4 Å². The molecular formula is C13H16FNO2S. The van der Waals surface area contributed by atoms with Crippen LogP contribution in [0.2, 0.25) is 0 Å². The number of aromatic hydroxyl groups is 1. The molecule has 1 saturated carbocycles. The Hall–Kier alpha value is -1.23. The fraction of sp³-hybridized carbons (Fsp3) is 0.462. The molecule has 1 fully saturated rings. The molecule has 98 valence electrons. The second kappa shape index (κ2) is 5.61. The van der Waals surface area contributed by atoms with Crippen molar-refractivity contribution in [2.45, 2.75) is 30.6 Å². The average Bonchev–Trinajstić information content (AvgIpc) is 2.76. The van der Waals surface area contributed by atoms with Gasteiger partial charge in [0.15, 0.2) is 0 Å². The first kappa shape index (κ1) is 13.2. The zero-order valence-electron chi connectivity index (χ0n) is 10.1. The van der Waals surface area contributed by atoms with Crippen molar-refractivity contribution in [3.05, 3.63) is 29.6 Å². The third kappa shape index (κ3) is 2.96. The Morgan fingerprint density at radius 3 is 2.89 bits per heavy atom. The first-order valence-corrected chi connectivity index (χ1v) is 7.21. The number of nitrogens with one attached hydrogen (secondary N) is 1. The molecule has 0 spiro atoms. The van der Waals surface area contributed by atoms with Gasteiger partial charge in [0.25, 0.3) is 5.91 Å².